The Hall–Kier alpha value is -0.433. The zero-order valence-corrected chi connectivity index (χ0v) is 13.2. The van der Waals surface area contributed by atoms with Gasteiger partial charge in [0.2, 0.25) is 0 Å². The minimum atomic E-state index is -1.80. The summed E-state index contributed by atoms with van der Waals surface area (Å²) in [5, 5.41) is 17.7. The first kappa shape index (κ1) is 17.6. The molecule has 0 heterocycles. The monoisotopic (exact) mass is 278 g/mol. The second kappa shape index (κ2) is 6.65. The predicted octanol–water partition coefficient (Wildman–Crippen LogP) is 1.86. The van der Waals surface area contributed by atoms with E-state index in [4.69, 9.17) is 19.4 Å². The van der Waals surface area contributed by atoms with Crippen LogP contribution in [0.2, 0.25) is 18.1 Å². The summed E-state index contributed by atoms with van der Waals surface area (Å²) in [6.07, 6.45) is -1.70. The molecule has 0 aromatic carbocycles. The van der Waals surface area contributed by atoms with E-state index in [0.29, 0.717) is 6.61 Å². The molecule has 0 aromatic rings. The van der Waals surface area contributed by atoms with E-state index in [0.717, 1.165) is 0 Å². The average Bonchev–Trinajstić information content (AvgIpc) is 2.21. The van der Waals surface area contributed by atoms with Crippen molar-refractivity contribution in [3.63, 3.8) is 0 Å². The van der Waals surface area contributed by atoms with Gasteiger partial charge in [-0.25, -0.2) is 4.79 Å². The Morgan fingerprint density at radius 1 is 1.28 bits per heavy atom. The molecule has 0 fully saturated rings. The summed E-state index contributed by atoms with van der Waals surface area (Å²) in [7, 11) is -1.80. The smallest absolute Gasteiger partial charge is 0.334 e. The van der Waals surface area contributed by atoms with Gasteiger partial charge in [-0.3, -0.25) is 0 Å². The number of aliphatic hydroxyl groups is 1. The fourth-order valence-corrected chi connectivity index (χ4v) is 2.00. The number of carboxylic acids is 1. The van der Waals surface area contributed by atoms with E-state index in [2.05, 4.69) is 33.9 Å². The molecule has 108 valence electrons. The van der Waals surface area contributed by atoms with Crippen molar-refractivity contribution in [2.45, 2.75) is 58.0 Å². The normalized spacial score (nSPS) is 16.4. The highest BCUT2D eigenvalue weighted by Gasteiger charge is 2.37. The van der Waals surface area contributed by atoms with Gasteiger partial charge in [0.05, 0.1) is 19.3 Å². The molecule has 2 unspecified atom stereocenters. The number of hydrogen-bond donors (Lipinski definition) is 2. The maximum atomic E-state index is 10.4. The molecule has 2 N–H and O–H groups in total. The summed E-state index contributed by atoms with van der Waals surface area (Å²) < 4.78 is 11.2. The fraction of sp³-hybridized carbons (Fsp3) is 0.917. The lowest BCUT2D eigenvalue weighted by Gasteiger charge is -2.36. The van der Waals surface area contributed by atoms with Crippen LogP contribution in [-0.4, -0.2) is 49.9 Å². The van der Waals surface area contributed by atoms with Crippen molar-refractivity contribution in [3.8, 4) is 0 Å². The Balaban J connectivity index is 4.05. The summed E-state index contributed by atoms with van der Waals surface area (Å²) in [6, 6.07) is 0. The first-order chi connectivity index (χ1) is 7.97. The van der Waals surface area contributed by atoms with Gasteiger partial charge < -0.3 is 19.4 Å². The van der Waals surface area contributed by atoms with Crippen LogP contribution in [0.1, 0.15) is 27.7 Å². The van der Waals surface area contributed by atoms with Crippen LogP contribution >= 0.6 is 0 Å². The molecule has 0 amide bonds. The molecule has 0 saturated carbocycles. The minimum Gasteiger partial charge on any atom is -0.479 e. The van der Waals surface area contributed by atoms with Crippen molar-refractivity contribution in [2.75, 3.05) is 13.2 Å². The van der Waals surface area contributed by atoms with Crippen LogP contribution in [0.15, 0.2) is 0 Å². The number of aliphatic hydroxyl groups excluding tert-OH is 1. The van der Waals surface area contributed by atoms with E-state index < -0.39 is 20.4 Å². The number of rotatable bonds is 7. The second-order valence-electron chi connectivity index (χ2n) is 6.07. The summed E-state index contributed by atoms with van der Waals surface area (Å²) in [4.78, 5) is 10.4. The zero-order valence-electron chi connectivity index (χ0n) is 12.2. The summed E-state index contributed by atoms with van der Waals surface area (Å²) in [5.74, 6) is -1.27. The highest BCUT2D eigenvalue weighted by Crippen LogP contribution is 2.36. The van der Waals surface area contributed by atoms with Gasteiger partial charge in [0.15, 0.2) is 14.4 Å². The third-order valence-corrected chi connectivity index (χ3v) is 7.81. The fourth-order valence-electron chi connectivity index (χ4n) is 0.917. The van der Waals surface area contributed by atoms with Crippen LogP contribution < -0.4 is 0 Å². The molecule has 5 nitrogen and oxygen atoms in total. The Bertz CT molecular complexity index is 272. The van der Waals surface area contributed by atoms with Gasteiger partial charge in [-0.2, -0.15) is 0 Å². The standard InChI is InChI=1S/C12H26O5Si/c1-9(16-8-10(13)11(14)15)7-17-18(5,6)12(2,3)4/h9-10,13H,7-8H2,1-6H3,(H,14,15). The molecule has 0 saturated heterocycles. The Morgan fingerprint density at radius 3 is 2.17 bits per heavy atom. The third-order valence-electron chi connectivity index (χ3n) is 3.31. The van der Waals surface area contributed by atoms with Crippen molar-refractivity contribution in [1.82, 2.24) is 0 Å². The van der Waals surface area contributed by atoms with Gasteiger partial charge >= 0.3 is 5.97 Å². The predicted molar refractivity (Wildman–Crippen MR) is 72.2 cm³/mol. The minimum absolute atomic E-state index is 0.132. The van der Waals surface area contributed by atoms with Crippen molar-refractivity contribution >= 4 is 14.3 Å². The van der Waals surface area contributed by atoms with Crippen LogP contribution in [0, 0.1) is 0 Å². The summed E-state index contributed by atoms with van der Waals surface area (Å²) in [5.41, 5.74) is 0. The van der Waals surface area contributed by atoms with Gasteiger partial charge in [0.1, 0.15) is 0 Å². The van der Waals surface area contributed by atoms with E-state index in [9.17, 15) is 4.79 Å². The van der Waals surface area contributed by atoms with E-state index in [1.165, 1.54) is 0 Å². The van der Waals surface area contributed by atoms with E-state index in [1.807, 2.05) is 6.92 Å². The quantitative estimate of drug-likeness (QED) is 0.695. The molecule has 0 aliphatic rings. The number of carboxylic acid groups (broad SMARTS) is 1. The number of aliphatic carboxylic acids is 1. The van der Waals surface area contributed by atoms with Gasteiger partial charge in [-0.1, -0.05) is 20.8 Å². The van der Waals surface area contributed by atoms with Crippen molar-refractivity contribution in [2.24, 2.45) is 0 Å². The van der Waals surface area contributed by atoms with Crippen LogP contribution in [0.3, 0.4) is 0 Å². The van der Waals surface area contributed by atoms with Crippen LogP contribution in [0.4, 0.5) is 0 Å². The van der Waals surface area contributed by atoms with E-state index in [-0.39, 0.29) is 17.7 Å². The van der Waals surface area contributed by atoms with E-state index >= 15 is 0 Å². The highest BCUT2D eigenvalue weighted by atomic mass is 28.4. The zero-order chi connectivity index (χ0) is 14.6. The van der Waals surface area contributed by atoms with Gasteiger partial charge in [0, 0.05) is 0 Å². The molecule has 6 heteroatoms. The van der Waals surface area contributed by atoms with Crippen molar-refractivity contribution < 1.29 is 24.2 Å². The topological polar surface area (TPSA) is 76.0 Å². The lowest BCUT2D eigenvalue weighted by atomic mass is 10.2. The maximum absolute atomic E-state index is 10.4. The molecule has 0 aromatic heterocycles. The molecule has 0 rings (SSSR count). The Labute approximate surface area is 110 Å². The van der Waals surface area contributed by atoms with Gasteiger partial charge in [-0.05, 0) is 25.1 Å². The molecule has 0 aliphatic carbocycles. The molecule has 0 spiro atoms. The Morgan fingerprint density at radius 2 is 1.78 bits per heavy atom. The first-order valence-corrected chi connectivity index (χ1v) is 9.04. The number of ether oxygens (including phenoxy) is 1. The summed E-state index contributed by atoms with van der Waals surface area (Å²) in [6.45, 7) is 12.8. The van der Waals surface area contributed by atoms with Crippen molar-refractivity contribution in [3.05, 3.63) is 0 Å². The first-order valence-electron chi connectivity index (χ1n) is 6.14. The Kier molecular flexibility index (Phi) is 6.49. The number of carbonyl (C=O) groups is 1. The SMILES string of the molecule is CC(CO[Si](C)(C)C(C)(C)C)OCC(O)C(=O)O. The largest absolute Gasteiger partial charge is 0.479 e. The van der Waals surface area contributed by atoms with Gasteiger partial charge in [0.25, 0.3) is 0 Å². The van der Waals surface area contributed by atoms with Crippen molar-refractivity contribution in [1.29, 1.82) is 0 Å². The second-order valence-corrected chi connectivity index (χ2v) is 10.9. The lowest BCUT2D eigenvalue weighted by molar-refractivity contribution is -0.151. The molecular weight excluding hydrogens is 252 g/mol. The molecule has 0 bridgehead atoms. The molecule has 2 atom stereocenters. The van der Waals surface area contributed by atoms with E-state index in [1.54, 1.807) is 0 Å². The van der Waals surface area contributed by atoms with Crippen LogP contribution in [0.25, 0.3) is 0 Å². The van der Waals surface area contributed by atoms with Crippen LogP contribution in [0.5, 0.6) is 0 Å². The molecule has 0 radical (unpaired) electrons. The molecule has 18 heavy (non-hydrogen) atoms. The van der Waals surface area contributed by atoms with Crippen LogP contribution in [-0.2, 0) is 14.0 Å². The highest BCUT2D eigenvalue weighted by molar-refractivity contribution is 6.74. The number of hydrogen-bond acceptors (Lipinski definition) is 4. The molecule has 0 aliphatic heterocycles. The summed E-state index contributed by atoms with van der Waals surface area (Å²) >= 11 is 0. The average molecular weight is 278 g/mol. The molecular formula is C12H26O5Si. The third kappa shape index (κ3) is 5.95. The maximum Gasteiger partial charge on any atom is 0.334 e. The van der Waals surface area contributed by atoms with Gasteiger partial charge in [-0.15, -0.1) is 0 Å². The lowest BCUT2D eigenvalue weighted by Crippen LogP contribution is -2.43.